The van der Waals surface area contributed by atoms with Crippen LogP contribution in [0.3, 0.4) is 0 Å². The van der Waals surface area contributed by atoms with Crippen molar-refractivity contribution in [2.75, 3.05) is 45.5 Å². The lowest BCUT2D eigenvalue weighted by Crippen LogP contribution is -2.22. The molecular weight excluding hydrogens is 316 g/mol. The topological polar surface area (TPSA) is 97.3 Å². The number of carbonyl (C=O) groups is 2. The number of anilines is 1. The van der Waals surface area contributed by atoms with Gasteiger partial charge < -0.3 is 24.6 Å². The highest BCUT2D eigenvalue weighted by atomic mass is 16.5. The van der Waals surface area contributed by atoms with Gasteiger partial charge >= 0.3 is 6.09 Å². The van der Waals surface area contributed by atoms with Crippen molar-refractivity contribution < 1.29 is 28.9 Å². The van der Waals surface area contributed by atoms with Crippen LogP contribution >= 0.6 is 0 Å². The zero-order chi connectivity index (χ0) is 17.4. The predicted molar refractivity (Wildman–Crippen MR) is 85.9 cm³/mol. The molecule has 0 unspecified atom stereocenters. The maximum absolute atomic E-state index is 11.8. The van der Waals surface area contributed by atoms with E-state index in [0.29, 0.717) is 45.2 Å². The summed E-state index contributed by atoms with van der Waals surface area (Å²) in [5.41, 5.74) is 2.49. The molecule has 0 bridgehead atoms. The monoisotopic (exact) mass is 338 g/mol. The third kappa shape index (κ3) is 5.48. The molecule has 0 saturated heterocycles. The fourth-order valence-corrected chi connectivity index (χ4v) is 2.33. The Labute approximate surface area is 140 Å². The van der Waals surface area contributed by atoms with Crippen molar-refractivity contribution in [1.82, 2.24) is 4.90 Å². The maximum atomic E-state index is 11.8. The van der Waals surface area contributed by atoms with Crippen molar-refractivity contribution in [1.29, 1.82) is 0 Å². The van der Waals surface area contributed by atoms with Gasteiger partial charge in [-0.25, -0.2) is 4.79 Å². The Morgan fingerprint density at radius 3 is 2.58 bits per heavy atom. The van der Waals surface area contributed by atoms with E-state index in [9.17, 15) is 9.59 Å². The summed E-state index contributed by atoms with van der Waals surface area (Å²) >= 11 is 0. The van der Waals surface area contributed by atoms with Gasteiger partial charge in [-0.05, 0) is 23.3 Å². The van der Waals surface area contributed by atoms with E-state index < -0.39 is 6.09 Å². The predicted octanol–water partition coefficient (Wildman–Crippen LogP) is 1.30. The van der Waals surface area contributed by atoms with Crippen LogP contribution in [0.15, 0.2) is 18.2 Å². The van der Waals surface area contributed by atoms with Crippen molar-refractivity contribution in [3.8, 4) is 0 Å². The summed E-state index contributed by atoms with van der Waals surface area (Å²) in [5, 5.41) is 11.7. The molecule has 0 aliphatic carbocycles. The van der Waals surface area contributed by atoms with Crippen LogP contribution in [0.25, 0.3) is 0 Å². The van der Waals surface area contributed by atoms with Crippen LogP contribution in [0.2, 0.25) is 0 Å². The lowest BCUT2D eigenvalue weighted by molar-refractivity contribution is -0.121. The quantitative estimate of drug-likeness (QED) is 0.659. The van der Waals surface area contributed by atoms with Crippen LogP contribution in [0.4, 0.5) is 10.5 Å². The van der Waals surface area contributed by atoms with Gasteiger partial charge in [0, 0.05) is 25.9 Å². The largest absolute Gasteiger partial charge is 0.465 e. The summed E-state index contributed by atoms with van der Waals surface area (Å²) in [6, 6.07) is 5.39. The Hall–Kier alpha value is -2.16. The van der Waals surface area contributed by atoms with Crippen molar-refractivity contribution >= 4 is 17.7 Å². The number of amides is 2. The average Bonchev–Trinajstić information content (AvgIpc) is 2.97. The zero-order valence-electron chi connectivity index (χ0n) is 13.6. The molecule has 0 aromatic heterocycles. The minimum Gasteiger partial charge on any atom is -0.465 e. The van der Waals surface area contributed by atoms with Gasteiger partial charge in [-0.3, -0.25) is 9.69 Å². The van der Waals surface area contributed by atoms with Gasteiger partial charge in [-0.1, -0.05) is 6.07 Å². The van der Waals surface area contributed by atoms with Crippen molar-refractivity contribution in [3.05, 3.63) is 29.3 Å². The summed E-state index contributed by atoms with van der Waals surface area (Å²) in [6.07, 6.45) is -0.946. The SMILES string of the molecule is COCCOCCOCC(=O)Nc1ccc2c(c1)CN(C(=O)O)C2. The standard InChI is InChI=1S/C16H22N2O6/c1-22-4-5-23-6-7-24-11-15(19)17-14-3-2-12-9-18(16(20)21)10-13(12)8-14/h2-3,8H,4-7,9-11H2,1H3,(H,17,19)(H,20,21). The number of hydrogen-bond donors (Lipinski definition) is 2. The Balaban J connectivity index is 1.70. The van der Waals surface area contributed by atoms with Gasteiger partial charge in [0.05, 0.1) is 26.4 Å². The molecule has 0 radical (unpaired) electrons. The lowest BCUT2D eigenvalue weighted by Gasteiger charge is -2.09. The van der Waals surface area contributed by atoms with Gasteiger partial charge in [0.25, 0.3) is 0 Å². The third-order valence-electron chi connectivity index (χ3n) is 3.52. The van der Waals surface area contributed by atoms with Crippen LogP contribution in [0.5, 0.6) is 0 Å². The van der Waals surface area contributed by atoms with E-state index in [0.717, 1.165) is 11.1 Å². The molecule has 0 spiro atoms. The zero-order valence-corrected chi connectivity index (χ0v) is 13.6. The van der Waals surface area contributed by atoms with E-state index >= 15 is 0 Å². The second-order valence-electron chi connectivity index (χ2n) is 5.33. The minimum absolute atomic E-state index is 0.0635. The summed E-state index contributed by atoms with van der Waals surface area (Å²) in [5.74, 6) is -0.264. The third-order valence-corrected chi connectivity index (χ3v) is 3.52. The van der Waals surface area contributed by atoms with E-state index in [1.54, 1.807) is 19.2 Å². The number of carboxylic acid groups (broad SMARTS) is 1. The first kappa shape index (κ1) is 18.2. The van der Waals surface area contributed by atoms with E-state index in [1.807, 2.05) is 6.07 Å². The Morgan fingerprint density at radius 2 is 1.83 bits per heavy atom. The van der Waals surface area contributed by atoms with Crippen molar-refractivity contribution in [3.63, 3.8) is 0 Å². The number of rotatable bonds is 9. The number of hydrogen-bond acceptors (Lipinski definition) is 5. The molecule has 1 aliphatic rings. The van der Waals surface area contributed by atoms with E-state index in [4.69, 9.17) is 19.3 Å². The molecule has 1 aromatic rings. The molecule has 0 fully saturated rings. The van der Waals surface area contributed by atoms with E-state index in [2.05, 4.69) is 5.32 Å². The normalized spacial score (nSPS) is 13.0. The van der Waals surface area contributed by atoms with Gasteiger partial charge in [0.15, 0.2) is 0 Å². The molecule has 1 aromatic carbocycles. The molecule has 1 heterocycles. The first-order valence-corrected chi connectivity index (χ1v) is 7.64. The highest BCUT2D eigenvalue weighted by Crippen LogP contribution is 2.25. The second-order valence-corrected chi connectivity index (χ2v) is 5.33. The summed E-state index contributed by atoms with van der Waals surface area (Å²) in [6.45, 7) is 2.41. The highest BCUT2D eigenvalue weighted by Gasteiger charge is 2.22. The number of nitrogens with one attached hydrogen (secondary N) is 1. The van der Waals surface area contributed by atoms with Crippen molar-refractivity contribution in [2.24, 2.45) is 0 Å². The Morgan fingerprint density at radius 1 is 1.12 bits per heavy atom. The highest BCUT2D eigenvalue weighted by molar-refractivity contribution is 5.91. The number of ether oxygens (including phenoxy) is 3. The average molecular weight is 338 g/mol. The summed E-state index contributed by atoms with van der Waals surface area (Å²) in [4.78, 5) is 24.1. The smallest absolute Gasteiger partial charge is 0.407 e. The number of fused-ring (bicyclic) bond motifs is 1. The number of benzene rings is 1. The Kier molecular flexibility index (Phi) is 6.98. The van der Waals surface area contributed by atoms with Gasteiger partial charge in [0.2, 0.25) is 5.91 Å². The Bertz CT molecular complexity index is 578. The molecule has 2 N–H and O–H groups in total. The lowest BCUT2D eigenvalue weighted by atomic mass is 10.1. The van der Waals surface area contributed by atoms with E-state index in [1.165, 1.54) is 4.90 Å². The van der Waals surface area contributed by atoms with Gasteiger partial charge in [-0.2, -0.15) is 0 Å². The molecule has 8 heteroatoms. The van der Waals surface area contributed by atoms with Crippen LogP contribution in [0, 0.1) is 0 Å². The second kappa shape index (κ2) is 9.21. The molecule has 1 aliphatic heterocycles. The summed E-state index contributed by atoms with van der Waals surface area (Å²) < 4.78 is 15.3. The number of carbonyl (C=O) groups excluding carboxylic acids is 1. The molecule has 2 amide bonds. The molecule has 132 valence electrons. The first-order valence-electron chi connectivity index (χ1n) is 7.64. The van der Waals surface area contributed by atoms with Crippen LogP contribution in [-0.2, 0) is 32.1 Å². The van der Waals surface area contributed by atoms with Gasteiger partial charge in [0.1, 0.15) is 6.61 Å². The van der Waals surface area contributed by atoms with Crippen LogP contribution in [-0.4, -0.2) is 62.2 Å². The number of methoxy groups -OCH3 is 1. The van der Waals surface area contributed by atoms with E-state index in [-0.39, 0.29) is 12.5 Å². The molecule has 0 atom stereocenters. The molecule has 0 saturated carbocycles. The van der Waals surface area contributed by atoms with Crippen LogP contribution in [0.1, 0.15) is 11.1 Å². The van der Waals surface area contributed by atoms with Gasteiger partial charge in [-0.15, -0.1) is 0 Å². The molecule has 24 heavy (non-hydrogen) atoms. The maximum Gasteiger partial charge on any atom is 0.407 e. The summed E-state index contributed by atoms with van der Waals surface area (Å²) in [7, 11) is 1.60. The fourth-order valence-electron chi connectivity index (χ4n) is 2.33. The molecular formula is C16H22N2O6. The first-order chi connectivity index (χ1) is 11.6. The molecule has 8 nitrogen and oxygen atoms in total. The minimum atomic E-state index is -0.946. The molecule has 2 rings (SSSR count). The number of nitrogens with zero attached hydrogens (tertiary/aromatic N) is 1. The fraction of sp³-hybridized carbons (Fsp3) is 0.500. The van der Waals surface area contributed by atoms with Crippen LogP contribution < -0.4 is 5.32 Å². The van der Waals surface area contributed by atoms with Crippen molar-refractivity contribution in [2.45, 2.75) is 13.1 Å².